The highest BCUT2D eigenvalue weighted by atomic mass is 32.1. The van der Waals surface area contributed by atoms with Crippen LogP contribution < -0.4 is 5.73 Å². The highest BCUT2D eigenvalue weighted by molar-refractivity contribution is 7.12. The molecule has 17 heavy (non-hydrogen) atoms. The van der Waals surface area contributed by atoms with Crippen LogP contribution in [-0.2, 0) is 18.4 Å². The maximum Gasteiger partial charge on any atom is 0.114 e. The quantitative estimate of drug-likeness (QED) is 0.866. The Morgan fingerprint density at radius 3 is 3.00 bits per heavy atom. The summed E-state index contributed by atoms with van der Waals surface area (Å²) in [6.07, 6.45) is 7.55. The summed E-state index contributed by atoms with van der Waals surface area (Å²) < 4.78 is 0. The van der Waals surface area contributed by atoms with Crippen LogP contribution in [0.1, 0.15) is 41.3 Å². The van der Waals surface area contributed by atoms with Crippen LogP contribution in [0.4, 0.5) is 0 Å². The molecule has 1 saturated carbocycles. The average molecular weight is 249 g/mol. The number of fused-ring (bicyclic) bond motifs is 1. The summed E-state index contributed by atoms with van der Waals surface area (Å²) in [6, 6.07) is 0.840. The molecule has 0 amide bonds. The van der Waals surface area contributed by atoms with Crippen LogP contribution in [0.15, 0.2) is 0 Å². The summed E-state index contributed by atoms with van der Waals surface area (Å²) in [5.41, 5.74) is 7.81. The number of likely N-dealkylation sites (tertiary alicyclic amines) is 1. The minimum absolute atomic E-state index is 0.141. The van der Waals surface area contributed by atoms with Gasteiger partial charge < -0.3 is 5.73 Å². The lowest BCUT2D eigenvalue weighted by Crippen LogP contribution is -2.40. The largest absolute Gasteiger partial charge is 0.318 e. The Morgan fingerprint density at radius 2 is 2.24 bits per heavy atom. The Kier molecular flexibility index (Phi) is 2.17. The van der Waals surface area contributed by atoms with Gasteiger partial charge in [-0.1, -0.05) is 0 Å². The molecule has 2 heterocycles. The molecule has 92 valence electrons. The number of thiazole rings is 1. The lowest BCUT2D eigenvalue weighted by atomic mass is 10.0. The molecular weight excluding hydrogens is 230 g/mol. The number of hydrogen-bond donors (Lipinski definition) is 1. The maximum absolute atomic E-state index is 6.60. The van der Waals surface area contributed by atoms with Gasteiger partial charge in [0.25, 0.3) is 0 Å². The van der Waals surface area contributed by atoms with E-state index in [4.69, 9.17) is 10.7 Å². The zero-order valence-electron chi connectivity index (χ0n) is 10.1. The van der Waals surface area contributed by atoms with E-state index >= 15 is 0 Å². The van der Waals surface area contributed by atoms with Gasteiger partial charge in [-0.25, -0.2) is 4.98 Å². The molecule has 2 N–H and O–H groups in total. The summed E-state index contributed by atoms with van der Waals surface area (Å²) in [7, 11) is 0. The monoisotopic (exact) mass is 249 g/mol. The fourth-order valence-corrected chi connectivity index (χ4v) is 4.46. The summed E-state index contributed by atoms with van der Waals surface area (Å²) in [4.78, 5) is 8.91. The molecule has 1 atom stereocenters. The van der Waals surface area contributed by atoms with E-state index in [9.17, 15) is 0 Å². The van der Waals surface area contributed by atoms with Crippen LogP contribution in [0.5, 0.6) is 0 Å². The molecule has 0 radical (unpaired) electrons. The predicted molar refractivity (Wildman–Crippen MR) is 69.2 cm³/mol. The van der Waals surface area contributed by atoms with Crippen molar-refractivity contribution in [2.24, 2.45) is 5.73 Å². The van der Waals surface area contributed by atoms with Crippen LogP contribution in [-0.4, -0.2) is 29.0 Å². The first-order chi connectivity index (χ1) is 8.24. The van der Waals surface area contributed by atoms with Gasteiger partial charge in [0.2, 0.25) is 0 Å². The SMILES string of the molecule is NC1(c2nc3c(s2)CCC3)CCN(C2CC2)C1. The molecule has 2 aliphatic carbocycles. The van der Waals surface area contributed by atoms with Crippen molar-refractivity contribution in [3.05, 3.63) is 15.6 Å². The number of hydrogen-bond acceptors (Lipinski definition) is 4. The molecule has 1 aromatic heterocycles. The highest BCUT2D eigenvalue weighted by Gasteiger charge is 2.43. The van der Waals surface area contributed by atoms with Gasteiger partial charge in [0, 0.05) is 24.0 Å². The maximum atomic E-state index is 6.60. The first kappa shape index (κ1) is 10.5. The van der Waals surface area contributed by atoms with Crippen molar-refractivity contribution < 1.29 is 0 Å². The summed E-state index contributed by atoms with van der Waals surface area (Å²) in [5, 5.41) is 1.21. The van der Waals surface area contributed by atoms with Gasteiger partial charge in [-0.3, -0.25) is 4.90 Å². The lowest BCUT2D eigenvalue weighted by molar-refractivity contribution is 0.302. The van der Waals surface area contributed by atoms with Gasteiger partial charge in [-0.2, -0.15) is 0 Å². The van der Waals surface area contributed by atoms with Crippen molar-refractivity contribution in [3.63, 3.8) is 0 Å². The van der Waals surface area contributed by atoms with Gasteiger partial charge in [0.15, 0.2) is 0 Å². The number of nitrogens with two attached hydrogens (primary N) is 1. The second-order valence-electron chi connectivity index (χ2n) is 5.85. The fraction of sp³-hybridized carbons (Fsp3) is 0.769. The molecule has 3 aliphatic rings. The number of aromatic nitrogens is 1. The standard InChI is InChI=1S/C13H19N3S/c14-13(6-7-16(8-13)9-4-5-9)12-15-10-2-1-3-11(10)17-12/h9H,1-8,14H2. The van der Waals surface area contributed by atoms with Crippen LogP contribution in [0.3, 0.4) is 0 Å². The van der Waals surface area contributed by atoms with Crippen LogP contribution in [0, 0.1) is 0 Å². The molecule has 1 aliphatic heterocycles. The topological polar surface area (TPSA) is 42.1 Å². The Balaban J connectivity index is 1.60. The van der Waals surface area contributed by atoms with E-state index in [2.05, 4.69) is 4.90 Å². The minimum Gasteiger partial charge on any atom is -0.318 e. The molecule has 0 aromatic carbocycles. The lowest BCUT2D eigenvalue weighted by Gasteiger charge is -2.22. The van der Waals surface area contributed by atoms with Gasteiger partial charge in [-0.05, 0) is 38.5 Å². The molecule has 1 unspecified atom stereocenters. The average Bonchev–Trinajstić information content (AvgIpc) is 2.73. The molecule has 0 spiro atoms. The summed E-state index contributed by atoms with van der Waals surface area (Å²) >= 11 is 1.89. The number of nitrogens with zero attached hydrogens (tertiary/aromatic N) is 2. The summed E-state index contributed by atoms with van der Waals surface area (Å²) in [6.45, 7) is 2.20. The second-order valence-corrected chi connectivity index (χ2v) is 6.93. The first-order valence-corrected chi connectivity index (χ1v) is 7.58. The third kappa shape index (κ3) is 1.65. The zero-order chi connectivity index (χ0) is 11.5. The van der Waals surface area contributed by atoms with Crippen LogP contribution >= 0.6 is 11.3 Å². The van der Waals surface area contributed by atoms with E-state index in [1.807, 2.05) is 11.3 Å². The van der Waals surface area contributed by atoms with Crippen molar-refractivity contribution in [1.82, 2.24) is 9.88 Å². The minimum atomic E-state index is -0.141. The molecule has 3 nitrogen and oxygen atoms in total. The Hall–Kier alpha value is -0.450. The highest BCUT2D eigenvalue weighted by Crippen LogP contribution is 2.40. The van der Waals surface area contributed by atoms with Crippen molar-refractivity contribution in [3.8, 4) is 0 Å². The third-order valence-electron chi connectivity index (χ3n) is 4.42. The fourth-order valence-electron chi connectivity index (χ4n) is 3.19. The molecule has 4 heteroatoms. The Bertz CT molecular complexity index is 430. The predicted octanol–water partition coefficient (Wildman–Crippen LogP) is 1.65. The van der Waals surface area contributed by atoms with E-state index < -0.39 is 0 Å². The molecule has 1 saturated heterocycles. The summed E-state index contributed by atoms with van der Waals surface area (Å²) in [5.74, 6) is 0. The van der Waals surface area contributed by atoms with Gasteiger partial charge in [0.1, 0.15) is 5.01 Å². The van der Waals surface area contributed by atoms with Crippen LogP contribution in [0.25, 0.3) is 0 Å². The van der Waals surface area contributed by atoms with E-state index in [1.165, 1.54) is 54.2 Å². The van der Waals surface area contributed by atoms with Gasteiger partial charge in [0.05, 0.1) is 11.2 Å². The normalized spacial score (nSPS) is 33.2. The van der Waals surface area contributed by atoms with Gasteiger partial charge in [-0.15, -0.1) is 11.3 Å². The Morgan fingerprint density at radius 1 is 1.35 bits per heavy atom. The van der Waals surface area contributed by atoms with E-state index in [0.717, 1.165) is 19.0 Å². The van der Waals surface area contributed by atoms with E-state index in [-0.39, 0.29) is 5.54 Å². The second kappa shape index (κ2) is 3.53. The van der Waals surface area contributed by atoms with Gasteiger partial charge >= 0.3 is 0 Å². The number of rotatable bonds is 2. The number of aryl methyl sites for hydroxylation is 2. The smallest absolute Gasteiger partial charge is 0.114 e. The van der Waals surface area contributed by atoms with Crippen molar-refractivity contribution >= 4 is 11.3 Å². The van der Waals surface area contributed by atoms with Crippen molar-refractivity contribution in [2.75, 3.05) is 13.1 Å². The van der Waals surface area contributed by atoms with Crippen LogP contribution in [0.2, 0.25) is 0 Å². The Labute approximate surface area is 106 Å². The molecule has 4 rings (SSSR count). The van der Waals surface area contributed by atoms with E-state index in [0.29, 0.717) is 0 Å². The molecule has 2 fully saturated rings. The zero-order valence-corrected chi connectivity index (χ0v) is 10.9. The van der Waals surface area contributed by atoms with Crippen molar-refractivity contribution in [1.29, 1.82) is 0 Å². The van der Waals surface area contributed by atoms with Crippen molar-refractivity contribution in [2.45, 2.75) is 50.1 Å². The molecule has 0 bridgehead atoms. The molecular formula is C13H19N3S. The third-order valence-corrected chi connectivity index (χ3v) is 5.79. The first-order valence-electron chi connectivity index (χ1n) is 6.77. The molecule has 1 aromatic rings. The van der Waals surface area contributed by atoms with E-state index in [1.54, 1.807) is 0 Å².